The number of aromatic nitrogens is 4. The van der Waals surface area contributed by atoms with Crippen LogP contribution in [-0.4, -0.2) is 48.4 Å². The molecule has 4 N–H and O–H groups in total. The van der Waals surface area contributed by atoms with Crippen molar-refractivity contribution in [3.63, 3.8) is 0 Å². The van der Waals surface area contributed by atoms with Crippen molar-refractivity contribution < 1.29 is 23.5 Å². The molecule has 0 fully saturated rings. The largest absolute Gasteiger partial charge is 0.368 e. The van der Waals surface area contributed by atoms with Crippen molar-refractivity contribution in [2.75, 3.05) is 18.8 Å². The van der Waals surface area contributed by atoms with Gasteiger partial charge in [-0.25, -0.2) is 14.4 Å². The van der Waals surface area contributed by atoms with Crippen LogP contribution in [0.15, 0.2) is 11.4 Å². The molecule has 12 nitrogen and oxygen atoms in total. The topological polar surface area (TPSA) is 185 Å². The molecule has 0 bridgehead atoms. The van der Waals surface area contributed by atoms with E-state index in [-0.39, 0.29) is 29.5 Å². The Labute approximate surface area is 127 Å². The maximum absolute atomic E-state index is 13.0. The van der Waals surface area contributed by atoms with E-state index in [2.05, 4.69) is 25.0 Å². The number of imidazole rings is 1. The predicted octanol–water partition coefficient (Wildman–Crippen LogP) is 0.840. The number of nitrogens with two attached hydrogens (primary N) is 1. The zero-order chi connectivity index (χ0) is 17.0. The maximum Gasteiger partial charge on any atom is 0.350 e. The van der Waals surface area contributed by atoms with Crippen LogP contribution >= 0.6 is 7.60 Å². The number of rotatable bonds is 7. The van der Waals surface area contributed by atoms with Crippen LogP contribution in [-0.2, 0) is 15.8 Å². The summed E-state index contributed by atoms with van der Waals surface area (Å²) in [5.41, 5.74) is 14.3. The molecular weight excluding hydrogens is 334 g/mol. The third-order valence-corrected chi connectivity index (χ3v) is 3.14. The summed E-state index contributed by atoms with van der Waals surface area (Å²) >= 11 is 0. The molecule has 14 heteroatoms. The molecule has 2 heterocycles. The highest BCUT2D eigenvalue weighted by atomic mass is 31.2. The summed E-state index contributed by atoms with van der Waals surface area (Å²) in [4.78, 5) is 31.7. The fourth-order valence-electron chi connectivity index (χ4n) is 1.76. The minimum absolute atomic E-state index is 0.0818. The second-order valence-electron chi connectivity index (χ2n) is 4.40. The normalized spacial score (nSPS) is 13.0. The quantitative estimate of drug-likeness (QED) is 0.285. The van der Waals surface area contributed by atoms with Gasteiger partial charge in [-0.05, 0) is 10.6 Å². The molecule has 2 aromatic rings. The minimum Gasteiger partial charge on any atom is -0.368 e. The van der Waals surface area contributed by atoms with Crippen LogP contribution in [0, 0.1) is 0 Å². The summed E-state index contributed by atoms with van der Waals surface area (Å²) in [6.45, 7) is -1.11. The van der Waals surface area contributed by atoms with E-state index < -0.39 is 26.7 Å². The van der Waals surface area contributed by atoms with Crippen molar-refractivity contribution in [2.24, 2.45) is 5.11 Å². The lowest BCUT2D eigenvalue weighted by atomic mass is 10.4. The zero-order valence-electron chi connectivity index (χ0n) is 11.5. The molecule has 0 spiro atoms. The van der Waals surface area contributed by atoms with Crippen molar-refractivity contribution >= 4 is 30.5 Å². The summed E-state index contributed by atoms with van der Waals surface area (Å²) in [6, 6.07) is 0. The maximum atomic E-state index is 13.0. The van der Waals surface area contributed by atoms with Gasteiger partial charge in [-0.1, -0.05) is 0 Å². The third kappa shape index (κ3) is 4.34. The number of alkyl halides is 1. The molecule has 0 aromatic carbocycles. The van der Waals surface area contributed by atoms with Crippen molar-refractivity contribution in [3.8, 4) is 0 Å². The number of anilines is 1. The lowest BCUT2D eigenvalue weighted by molar-refractivity contribution is 0.0445. The van der Waals surface area contributed by atoms with E-state index in [9.17, 15) is 8.96 Å². The van der Waals surface area contributed by atoms with Crippen molar-refractivity contribution in [2.45, 2.75) is 12.6 Å². The molecule has 1 atom stereocenters. The monoisotopic (exact) mass is 346 g/mol. The summed E-state index contributed by atoms with van der Waals surface area (Å²) < 4.78 is 29.9. The van der Waals surface area contributed by atoms with E-state index in [1.807, 2.05) is 0 Å². The van der Waals surface area contributed by atoms with Gasteiger partial charge >= 0.3 is 7.60 Å². The van der Waals surface area contributed by atoms with Gasteiger partial charge in [0.15, 0.2) is 11.5 Å². The first kappa shape index (κ1) is 17.1. The van der Waals surface area contributed by atoms with Crippen LogP contribution in [0.1, 0.15) is 0 Å². The van der Waals surface area contributed by atoms with Crippen molar-refractivity contribution in [3.05, 3.63) is 16.8 Å². The van der Waals surface area contributed by atoms with Crippen LogP contribution in [0.2, 0.25) is 0 Å². The van der Waals surface area contributed by atoms with Gasteiger partial charge in [-0.15, -0.1) is 0 Å². The van der Waals surface area contributed by atoms with E-state index in [0.717, 1.165) is 0 Å². The number of nitrogen functional groups attached to an aromatic ring is 1. The molecule has 0 aliphatic heterocycles. The molecule has 0 unspecified atom stereocenters. The average molecular weight is 346 g/mol. The first-order valence-corrected chi connectivity index (χ1v) is 7.89. The number of hydrogen-bond donors (Lipinski definition) is 3. The van der Waals surface area contributed by atoms with Crippen LogP contribution < -0.4 is 5.73 Å². The number of fused-ring (bicyclic) bond motifs is 1. The lowest BCUT2D eigenvalue weighted by Crippen LogP contribution is -2.23. The number of nitrogens with zero attached hydrogens (tertiary/aromatic N) is 7. The van der Waals surface area contributed by atoms with E-state index in [0.29, 0.717) is 0 Å². The lowest BCUT2D eigenvalue weighted by Gasteiger charge is -2.15. The zero-order valence-corrected chi connectivity index (χ0v) is 12.4. The smallest absolute Gasteiger partial charge is 0.350 e. The summed E-state index contributed by atoms with van der Waals surface area (Å²) in [5.74, 6) is -0.253. The number of azide groups is 1. The highest BCUT2D eigenvalue weighted by Gasteiger charge is 2.20. The van der Waals surface area contributed by atoms with Crippen molar-refractivity contribution in [1.82, 2.24) is 19.5 Å². The van der Waals surface area contributed by atoms with Crippen molar-refractivity contribution in [1.29, 1.82) is 0 Å². The summed E-state index contributed by atoms with van der Waals surface area (Å²) in [5, 5.41) is 3.34. The molecule has 0 aliphatic rings. The fourth-order valence-corrected chi connectivity index (χ4v) is 2.16. The van der Waals surface area contributed by atoms with Gasteiger partial charge in [0.25, 0.3) is 0 Å². The van der Waals surface area contributed by atoms with Crippen LogP contribution in [0.25, 0.3) is 21.6 Å². The Bertz CT molecular complexity index is 800. The average Bonchev–Trinajstić information content (AvgIpc) is 2.85. The van der Waals surface area contributed by atoms with Gasteiger partial charge in [-0.3, -0.25) is 4.57 Å². The molecule has 124 valence electrons. The Morgan fingerprint density at radius 1 is 1.57 bits per heavy atom. The molecule has 0 aliphatic carbocycles. The third-order valence-electron chi connectivity index (χ3n) is 2.65. The summed E-state index contributed by atoms with van der Waals surface area (Å²) in [7, 11) is -4.41. The molecule has 0 radical (unpaired) electrons. The Morgan fingerprint density at radius 3 is 2.91 bits per heavy atom. The highest BCUT2D eigenvalue weighted by molar-refractivity contribution is 7.51. The Morgan fingerprint density at radius 2 is 2.30 bits per heavy atom. The predicted molar refractivity (Wildman–Crippen MR) is 76.3 cm³/mol. The van der Waals surface area contributed by atoms with E-state index >= 15 is 0 Å². The SMILES string of the molecule is [N-]=[N+]=Nc1nc(N)nc2c1ncn2C[C@H](CF)OCP(=O)(O)O. The van der Waals surface area contributed by atoms with Crippen LogP contribution in [0.3, 0.4) is 0 Å². The van der Waals surface area contributed by atoms with Crippen LogP contribution in [0.5, 0.6) is 0 Å². The van der Waals surface area contributed by atoms with Gasteiger partial charge in [0.1, 0.15) is 24.6 Å². The standard InChI is InChI=1S/C9H12FN8O4P/c10-1-5(22-4-23(19,20)21)2-18-3-13-6-7(16-17-12)14-9(11)15-8(6)18/h3,5H,1-2,4H2,(H2,11,14,15)(H2,19,20,21)/t5-/m0/s1. The first-order valence-electron chi connectivity index (χ1n) is 6.09. The molecule has 23 heavy (non-hydrogen) atoms. The highest BCUT2D eigenvalue weighted by Crippen LogP contribution is 2.34. The second kappa shape index (κ2) is 6.86. The van der Waals surface area contributed by atoms with Gasteiger partial charge < -0.3 is 24.8 Å². The fraction of sp³-hybridized carbons (Fsp3) is 0.444. The van der Waals surface area contributed by atoms with Crippen LogP contribution in [0.4, 0.5) is 16.2 Å². The number of ether oxygens (including phenoxy) is 1. The Balaban J connectivity index is 2.29. The van der Waals surface area contributed by atoms with Gasteiger partial charge in [0, 0.05) is 4.91 Å². The van der Waals surface area contributed by atoms with E-state index in [1.165, 1.54) is 10.9 Å². The second-order valence-corrected chi connectivity index (χ2v) is 5.99. The molecule has 2 aromatic heterocycles. The number of halogens is 1. The molecule has 0 saturated carbocycles. The Kier molecular flexibility index (Phi) is 5.08. The molecular formula is C9H12FN8O4P. The van der Waals surface area contributed by atoms with E-state index in [4.69, 9.17) is 25.8 Å². The van der Waals surface area contributed by atoms with Gasteiger partial charge in [0.2, 0.25) is 5.95 Å². The minimum atomic E-state index is -4.41. The molecule has 0 saturated heterocycles. The summed E-state index contributed by atoms with van der Waals surface area (Å²) in [6.07, 6.45) is -0.757. The first-order chi connectivity index (χ1) is 10.8. The van der Waals surface area contributed by atoms with Gasteiger partial charge in [0.05, 0.1) is 12.9 Å². The molecule has 0 amide bonds. The Hall–Kier alpha value is -2.30. The number of hydrogen-bond acceptors (Lipinski definition) is 7. The van der Waals surface area contributed by atoms with E-state index in [1.54, 1.807) is 0 Å². The molecule has 2 rings (SSSR count). The van der Waals surface area contributed by atoms with Gasteiger partial charge in [-0.2, -0.15) is 4.98 Å².